The zero-order valence-electron chi connectivity index (χ0n) is 11.5. The average Bonchev–Trinajstić information content (AvgIpc) is 2.48. The Balaban J connectivity index is 1.95. The van der Waals surface area contributed by atoms with Gasteiger partial charge in [0, 0.05) is 13.1 Å². The molecule has 1 aromatic rings. The molecule has 1 heterocycles. The number of benzene rings is 1. The number of rotatable bonds is 3. The lowest BCUT2D eigenvalue weighted by Gasteiger charge is -2.38. The average molecular weight is 277 g/mol. The highest BCUT2D eigenvalue weighted by molar-refractivity contribution is 5.94. The molecule has 1 amide bonds. The van der Waals surface area contributed by atoms with Gasteiger partial charge in [0.05, 0.1) is 12.7 Å². The fraction of sp³-hybridized carbons (Fsp3) is 0.467. The lowest BCUT2D eigenvalue weighted by atomic mass is 9.84. The maximum Gasteiger partial charge on any atom is 0.315 e. The van der Waals surface area contributed by atoms with Crippen molar-refractivity contribution in [1.29, 1.82) is 0 Å². The Bertz CT molecular complexity index is 478. The first-order valence-electron chi connectivity index (χ1n) is 6.68. The monoisotopic (exact) mass is 277 g/mol. The highest BCUT2D eigenvalue weighted by atomic mass is 16.5. The fourth-order valence-corrected chi connectivity index (χ4v) is 2.47. The van der Waals surface area contributed by atoms with Crippen molar-refractivity contribution in [1.82, 2.24) is 4.90 Å². The smallest absolute Gasteiger partial charge is 0.315 e. The van der Waals surface area contributed by atoms with E-state index in [9.17, 15) is 14.7 Å². The predicted molar refractivity (Wildman–Crippen MR) is 72.8 cm³/mol. The SMILES string of the molecule is COC(=O)CC(=O)N1CCC(O)(c2ccccc2)CC1. The quantitative estimate of drug-likeness (QED) is 0.662. The number of esters is 1. The second-order valence-electron chi connectivity index (χ2n) is 5.03. The molecule has 5 heteroatoms. The Morgan fingerprint density at radius 2 is 1.85 bits per heavy atom. The van der Waals surface area contributed by atoms with Crippen LogP contribution < -0.4 is 0 Å². The molecule has 0 aliphatic carbocycles. The number of likely N-dealkylation sites (tertiary alicyclic amines) is 1. The second-order valence-corrected chi connectivity index (χ2v) is 5.03. The Hall–Kier alpha value is -1.88. The minimum Gasteiger partial charge on any atom is -0.469 e. The number of hydrogen-bond acceptors (Lipinski definition) is 4. The van der Waals surface area contributed by atoms with Gasteiger partial charge in [-0.15, -0.1) is 0 Å². The fourth-order valence-electron chi connectivity index (χ4n) is 2.47. The predicted octanol–water partition coefficient (Wildman–Crippen LogP) is 1.06. The number of ether oxygens (including phenoxy) is 1. The van der Waals surface area contributed by atoms with E-state index in [1.807, 2.05) is 30.3 Å². The highest BCUT2D eigenvalue weighted by Gasteiger charge is 2.35. The van der Waals surface area contributed by atoms with E-state index >= 15 is 0 Å². The molecule has 20 heavy (non-hydrogen) atoms. The van der Waals surface area contributed by atoms with Crippen molar-refractivity contribution in [3.8, 4) is 0 Å². The molecule has 1 N–H and O–H groups in total. The van der Waals surface area contributed by atoms with Crippen LogP contribution in [0.3, 0.4) is 0 Å². The molecule has 108 valence electrons. The van der Waals surface area contributed by atoms with Crippen LogP contribution >= 0.6 is 0 Å². The van der Waals surface area contributed by atoms with E-state index in [2.05, 4.69) is 4.74 Å². The molecular formula is C15H19NO4. The van der Waals surface area contributed by atoms with E-state index in [1.54, 1.807) is 4.90 Å². The minimum absolute atomic E-state index is 0.236. The molecule has 1 fully saturated rings. The molecule has 0 spiro atoms. The number of methoxy groups -OCH3 is 1. The summed E-state index contributed by atoms with van der Waals surface area (Å²) in [6.45, 7) is 0.891. The summed E-state index contributed by atoms with van der Waals surface area (Å²) in [4.78, 5) is 24.6. The first-order chi connectivity index (χ1) is 9.55. The molecule has 2 rings (SSSR count). The van der Waals surface area contributed by atoms with Crippen LogP contribution in [0.2, 0.25) is 0 Å². The normalized spacial score (nSPS) is 17.6. The molecule has 1 saturated heterocycles. The minimum atomic E-state index is -0.886. The number of piperidine rings is 1. The third-order valence-electron chi connectivity index (χ3n) is 3.78. The van der Waals surface area contributed by atoms with Crippen LogP contribution in [0.5, 0.6) is 0 Å². The van der Waals surface area contributed by atoms with Gasteiger partial charge < -0.3 is 14.7 Å². The Labute approximate surface area is 118 Å². The molecule has 1 aliphatic rings. The van der Waals surface area contributed by atoms with E-state index in [4.69, 9.17) is 0 Å². The number of carbonyl (C=O) groups is 2. The number of aliphatic hydroxyl groups is 1. The summed E-state index contributed by atoms with van der Waals surface area (Å²) >= 11 is 0. The first-order valence-corrected chi connectivity index (χ1v) is 6.68. The van der Waals surface area contributed by atoms with Gasteiger partial charge in [0.15, 0.2) is 0 Å². The number of amides is 1. The highest BCUT2D eigenvalue weighted by Crippen LogP contribution is 2.32. The van der Waals surface area contributed by atoms with Gasteiger partial charge >= 0.3 is 5.97 Å². The Morgan fingerprint density at radius 3 is 2.40 bits per heavy atom. The van der Waals surface area contributed by atoms with E-state index in [1.165, 1.54) is 7.11 Å². The third kappa shape index (κ3) is 3.17. The molecule has 1 aliphatic heterocycles. The molecule has 0 saturated carbocycles. The van der Waals surface area contributed by atoms with E-state index in [0.717, 1.165) is 5.56 Å². The van der Waals surface area contributed by atoms with Gasteiger partial charge in [-0.05, 0) is 18.4 Å². The summed E-state index contributed by atoms with van der Waals surface area (Å²) in [6, 6.07) is 9.48. The maximum absolute atomic E-state index is 11.9. The van der Waals surface area contributed by atoms with Gasteiger partial charge in [-0.1, -0.05) is 30.3 Å². The summed E-state index contributed by atoms with van der Waals surface area (Å²) in [7, 11) is 1.26. The zero-order chi connectivity index (χ0) is 14.6. The van der Waals surface area contributed by atoms with Crippen molar-refractivity contribution in [2.75, 3.05) is 20.2 Å². The number of hydrogen-bond donors (Lipinski definition) is 1. The van der Waals surface area contributed by atoms with Crippen LogP contribution in [0.1, 0.15) is 24.8 Å². The van der Waals surface area contributed by atoms with Gasteiger partial charge in [0.1, 0.15) is 6.42 Å². The molecule has 0 bridgehead atoms. The van der Waals surface area contributed by atoms with Crippen molar-refractivity contribution < 1.29 is 19.4 Å². The number of carbonyl (C=O) groups excluding carboxylic acids is 2. The van der Waals surface area contributed by atoms with Gasteiger partial charge in [0.2, 0.25) is 5.91 Å². The molecule has 1 aromatic carbocycles. The van der Waals surface area contributed by atoms with Gasteiger partial charge in [-0.3, -0.25) is 9.59 Å². The summed E-state index contributed by atoms with van der Waals surface area (Å²) in [5.74, 6) is -0.772. The summed E-state index contributed by atoms with van der Waals surface area (Å²) in [6.07, 6.45) is 0.716. The van der Waals surface area contributed by atoms with Crippen molar-refractivity contribution in [2.45, 2.75) is 24.9 Å². The molecule has 0 aromatic heterocycles. The molecular weight excluding hydrogens is 258 g/mol. The topological polar surface area (TPSA) is 66.8 Å². The summed E-state index contributed by atoms with van der Waals surface area (Å²) in [5, 5.41) is 10.6. The van der Waals surface area contributed by atoms with Crippen LogP contribution in [-0.2, 0) is 19.9 Å². The van der Waals surface area contributed by atoms with Crippen molar-refractivity contribution in [3.05, 3.63) is 35.9 Å². The Morgan fingerprint density at radius 1 is 1.25 bits per heavy atom. The molecule has 5 nitrogen and oxygen atoms in total. The van der Waals surface area contributed by atoms with Gasteiger partial charge in [0.25, 0.3) is 0 Å². The van der Waals surface area contributed by atoms with Crippen molar-refractivity contribution >= 4 is 11.9 Å². The second kappa shape index (κ2) is 6.05. The lowest BCUT2D eigenvalue weighted by Crippen LogP contribution is -2.45. The van der Waals surface area contributed by atoms with E-state index in [-0.39, 0.29) is 12.3 Å². The van der Waals surface area contributed by atoms with Crippen LogP contribution in [0.15, 0.2) is 30.3 Å². The van der Waals surface area contributed by atoms with E-state index in [0.29, 0.717) is 25.9 Å². The largest absolute Gasteiger partial charge is 0.469 e. The Kier molecular flexibility index (Phi) is 4.39. The van der Waals surface area contributed by atoms with Crippen LogP contribution in [0, 0.1) is 0 Å². The van der Waals surface area contributed by atoms with Gasteiger partial charge in [-0.25, -0.2) is 0 Å². The third-order valence-corrected chi connectivity index (χ3v) is 3.78. The van der Waals surface area contributed by atoms with Crippen LogP contribution in [0.25, 0.3) is 0 Å². The van der Waals surface area contributed by atoms with Crippen molar-refractivity contribution in [2.24, 2.45) is 0 Å². The van der Waals surface area contributed by atoms with Crippen molar-refractivity contribution in [3.63, 3.8) is 0 Å². The standard InChI is InChI=1S/C15H19NO4/c1-20-14(18)11-13(17)16-9-7-15(19,8-10-16)12-5-3-2-4-6-12/h2-6,19H,7-11H2,1H3. The van der Waals surface area contributed by atoms with Crippen LogP contribution in [0.4, 0.5) is 0 Å². The lowest BCUT2D eigenvalue weighted by molar-refractivity contribution is -0.148. The molecule has 0 unspecified atom stereocenters. The molecule has 0 radical (unpaired) electrons. The summed E-state index contributed by atoms with van der Waals surface area (Å²) in [5.41, 5.74) is -0.0105. The summed E-state index contributed by atoms with van der Waals surface area (Å²) < 4.78 is 4.49. The molecule has 0 atom stereocenters. The number of nitrogens with zero attached hydrogens (tertiary/aromatic N) is 1. The van der Waals surface area contributed by atoms with E-state index < -0.39 is 11.6 Å². The zero-order valence-corrected chi connectivity index (χ0v) is 11.5. The van der Waals surface area contributed by atoms with Crippen LogP contribution in [-0.4, -0.2) is 42.1 Å². The van der Waals surface area contributed by atoms with Gasteiger partial charge in [-0.2, -0.15) is 0 Å². The first kappa shape index (κ1) is 14.5. The maximum atomic E-state index is 11.9.